The summed E-state index contributed by atoms with van der Waals surface area (Å²) in [6.45, 7) is -0.182. The van der Waals surface area contributed by atoms with Gasteiger partial charge in [-0.25, -0.2) is 18.9 Å². The van der Waals surface area contributed by atoms with E-state index in [9.17, 15) is 14.4 Å². The number of amides is 1. The van der Waals surface area contributed by atoms with E-state index in [-0.39, 0.29) is 17.6 Å². The van der Waals surface area contributed by atoms with Gasteiger partial charge in [-0.2, -0.15) is 0 Å². The fourth-order valence-electron chi connectivity index (χ4n) is 3.29. The van der Waals surface area contributed by atoms with Crippen LogP contribution in [0.3, 0.4) is 0 Å². The van der Waals surface area contributed by atoms with Crippen LogP contribution in [-0.4, -0.2) is 27.1 Å². The zero-order valence-electron chi connectivity index (χ0n) is 17.1. The van der Waals surface area contributed by atoms with E-state index in [1.165, 1.54) is 10.8 Å². The maximum atomic E-state index is 13.3. The predicted molar refractivity (Wildman–Crippen MR) is 121 cm³/mol. The SMILES string of the molecule is COc1ccc(-n2c(=O)n(CC(=O)NCc3ccc(Cl)cc3)c(=O)c3cccnc32)cc1. The van der Waals surface area contributed by atoms with Crippen molar-refractivity contribution < 1.29 is 9.53 Å². The highest BCUT2D eigenvalue weighted by Gasteiger charge is 2.17. The predicted octanol–water partition coefficient (Wildman–Crippen LogP) is 2.53. The fraction of sp³-hybridized carbons (Fsp3) is 0.130. The van der Waals surface area contributed by atoms with Gasteiger partial charge in [0.25, 0.3) is 5.56 Å². The number of ether oxygens (including phenoxy) is 1. The standard InChI is InChI=1S/C23H19ClN4O4/c1-32-18-10-8-17(9-11-18)28-21-19(3-2-12-25-21)22(30)27(23(28)31)14-20(29)26-13-15-4-6-16(24)7-5-15/h2-12H,13-14H2,1H3,(H,26,29). The number of carbonyl (C=O) groups is 1. The second kappa shape index (κ2) is 9.07. The maximum absolute atomic E-state index is 13.3. The Bertz CT molecular complexity index is 1390. The van der Waals surface area contributed by atoms with E-state index in [1.807, 2.05) is 0 Å². The molecule has 0 atom stereocenters. The number of halogens is 1. The van der Waals surface area contributed by atoms with E-state index in [0.29, 0.717) is 16.5 Å². The van der Waals surface area contributed by atoms with Gasteiger partial charge in [-0.15, -0.1) is 0 Å². The van der Waals surface area contributed by atoms with Crippen LogP contribution >= 0.6 is 11.6 Å². The molecule has 0 aliphatic heterocycles. The highest BCUT2D eigenvalue weighted by molar-refractivity contribution is 6.30. The Morgan fingerprint density at radius 3 is 2.47 bits per heavy atom. The lowest BCUT2D eigenvalue weighted by Gasteiger charge is -2.14. The summed E-state index contributed by atoms with van der Waals surface area (Å²) in [5.74, 6) is 0.151. The molecule has 0 fully saturated rings. The van der Waals surface area contributed by atoms with Crippen LogP contribution < -0.4 is 21.3 Å². The maximum Gasteiger partial charge on any atom is 0.337 e. The molecule has 4 rings (SSSR count). The Labute approximate surface area is 187 Å². The first-order chi connectivity index (χ1) is 15.5. The van der Waals surface area contributed by atoms with Crippen LogP contribution in [0.15, 0.2) is 76.4 Å². The smallest absolute Gasteiger partial charge is 0.337 e. The minimum absolute atomic E-state index is 0.213. The first-order valence-electron chi connectivity index (χ1n) is 9.74. The van der Waals surface area contributed by atoms with Crippen LogP contribution in [0.5, 0.6) is 5.75 Å². The first-order valence-corrected chi connectivity index (χ1v) is 10.1. The van der Waals surface area contributed by atoms with Crippen LogP contribution in [0, 0.1) is 0 Å². The van der Waals surface area contributed by atoms with Gasteiger partial charge in [0.15, 0.2) is 5.65 Å². The summed E-state index contributed by atoms with van der Waals surface area (Å²) in [6, 6.07) is 17.0. The molecule has 2 aromatic carbocycles. The molecule has 0 spiro atoms. The summed E-state index contributed by atoms with van der Waals surface area (Å²) in [4.78, 5) is 43.0. The molecule has 0 saturated carbocycles. The molecule has 0 bridgehead atoms. The summed E-state index contributed by atoms with van der Waals surface area (Å²) < 4.78 is 7.39. The van der Waals surface area contributed by atoms with Crippen molar-refractivity contribution in [1.82, 2.24) is 19.4 Å². The lowest BCUT2D eigenvalue weighted by molar-refractivity contribution is -0.121. The number of hydrogen-bond donors (Lipinski definition) is 1. The van der Waals surface area contributed by atoms with Gasteiger partial charge in [0.05, 0.1) is 18.2 Å². The van der Waals surface area contributed by atoms with Crippen LogP contribution in [0.2, 0.25) is 5.02 Å². The lowest BCUT2D eigenvalue weighted by atomic mass is 10.2. The Morgan fingerprint density at radius 1 is 1.06 bits per heavy atom. The van der Waals surface area contributed by atoms with Crippen LogP contribution in [-0.2, 0) is 17.9 Å². The van der Waals surface area contributed by atoms with Gasteiger partial charge in [0, 0.05) is 17.8 Å². The third-order valence-corrected chi connectivity index (χ3v) is 5.18. The summed E-state index contributed by atoms with van der Waals surface area (Å²) >= 11 is 5.87. The zero-order chi connectivity index (χ0) is 22.7. The van der Waals surface area contributed by atoms with E-state index < -0.39 is 23.7 Å². The summed E-state index contributed by atoms with van der Waals surface area (Å²) in [6.07, 6.45) is 1.50. The van der Waals surface area contributed by atoms with Gasteiger partial charge in [-0.1, -0.05) is 23.7 Å². The van der Waals surface area contributed by atoms with Gasteiger partial charge in [-0.3, -0.25) is 9.59 Å². The molecule has 0 saturated heterocycles. The number of aromatic nitrogens is 3. The highest BCUT2D eigenvalue weighted by atomic mass is 35.5. The molecule has 32 heavy (non-hydrogen) atoms. The number of nitrogens with one attached hydrogen (secondary N) is 1. The molecule has 0 aliphatic rings. The number of nitrogens with zero attached hydrogens (tertiary/aromatic N) is 3. The second-order valence-electron chi connectivity index (χ2n) is 6.99. The van der Waals surface area contributed by atoms with Crippen LogP contribution in [0.4, 0.5) is 0 Å². The number of carbonyl (C=O) groups excluding carboxylic acids is 1. The number of rotatable bonds is 6. The topological polar surface area (TPSA) is 95.2 Å². The molecule has 162 valence electrons. The highest BCUT2D eigenvalue weighted by Crippen LogP contribution is 2.16. The Balaban J connectivity index is 1.71. The minimum atomic E-state index is -0.659. The van der Waals surface area contributed by atoms with Gasteiger partial charge in [0.1, 0.15) is 12.3 Å². The number of fused-ring (bicyclic) bond motifs is 1. The van der Waals surface area contributed by atoms with Crippen molar-refractivity contribution in [2.24, 2.45) is 0 Å². The molecule has 4 aromatic rings. The van der Waals surface area contributed by atoms with Crippen molar-refractivity contribution in [2.45, 2.75) is 13.1 Å². The first kappa shape index (κ1) is 21.3. The van der Waals surface area contributed by atoms with Gasteiger partial charge in [0.2, 0.25) is 5.91 Å². The molecule has 0 aliphatic carbocycles. The molecule has 9 heteroatoms. The molecule has 0 radical (unpaired) electrons. The Morgan fingerprint density at radius 2 is 1.78 bits per heavy atom. The van der Waals surface area contributed by atoms with Crippen molar-refractivity contribution in [3.8, 4) is 11.4 Å². The zero-order valence-corrected chi connectivity index (χ0v) is 17.9. The van der Waals surface area contributed by atoms with Crippen LogP contribution in [0.1, 0.15) is 5.56 Å². The molecule has 2 aromatic heterocycles. The molecule has 1 amide bonds. The van der Waals surface area contributed by atoms with E-state index in [1.54, 1.807) is 67.8 Å². The number of pyridine rings is 1. The summed E-state index contributed by atoms with van der Waals surface area (Å²) in [5.41, 5.74) is 0.311. The van der Waals surface area contributed by atoms with Crippen LogP contribution in [0.25, 0.3) is 16.7 Å². The van der Waals surface area contributed by atoms with E-state index in [4.69, 9.17) is 16.3 Å². The molecule has 1 N–H and O–H groups in total. The van der Waals surface area contributed by atoms with Gasteiger partial charge in [-0.05, 0) is 54.1 Å². The summed E-state index contributed by atoms with van der Waals surface area (Å²) in [7, 11) is 1.54. The largest absolute Gasteiger partial charge is 0.497 e. The van der Waals surface area contributed by atoms with Crippen molar-refractivity contribution in [3.63, 3.8) is 0 Å². The van der Waals surface area contributed by atoms with Crippen molar-refractivity contribution in [1.29, 1.82) is 0 Å². The van der Waals surface area contributed by atoms with E-state index in [2.05, 4.69) is 10.3 Å². The molecular formula is C23H19ClN4O4. The van der Waals surface area contributed by atoms with Gasteiger partial charge >= 0.3 is 5.69 Å². The second-order valence-corrected chi connectivity index (χ2v) is 7.42. The third kappa shape index (κ3) is 4.26. The Hall–Kier alpha value is -3.91. The monoisotopic (exact) mass is 450 g/mol. The molecular weight excluding hydrogens is 432 g/mol. The summed E-state index contributed by atoms with van der Waals surface area (Å²) in [5, 5.41) is 3.54. The third-order valence-electron chi connectivity index (χ3n) is 4.93. The number of hydrogen-bond acceptors (Lipinski definition) is 5. The number of methoxy groups -OCH3 is 1. The molecule has 8 nitrogen and oxygen atoms in total. The van der Waals surface area contributed by atoms with Crippen molar-refractivity contribution >= 4 is 28.5 Å². The van der Waals surface area contributed by atoms with E-state index >= 15 is 0 Å². The normalized spacial score (nSPS) is 10.8. The van der Waals surface area contributed by atoms with Crippen molar-refractivity contribution in [2.75, 3.05) is 7.11 Å². The molecule has 0 unspecified atom stereocenters. The van der Waals surface area contributed by atoms with E-state index in [0.717, 1.165) is 10.1 Å². The van der Waals surface area contributed by atoms with Gasteiger partial charge < -0.3 is 10.1 Å². The number of benzene rings is 2. The van der Waals surface area contributed by atoms with Crippen molar-refractivity contribution in [3.05, 3.63) is 98.3 Å². The Kier molecular flexibility index (Phi) is 6.04. The average Bonchev–Trinajstić information content (AvgIpc) is 2.82. The minimum Gasteiger partial charge on any atom is -0.497 e. The lowest BCUT2D eigenvalue weighted by Crippen LogP contribution is -2.43. The molecule has 2 heterocycles. The quantitative estimate of drug-likeness (QED) is 0.487. The average molecular weight is 451 g/mol. The fourth-order valence-corrected chi connectivity index (χ4v) is 3.42.